The van der Waals surface area contributed by atoms with Crippen LogP contribution in [0.4, 0.5) is 5.82 Å². The lowest BCUT2D eigenvalue weighted by Gasteiger charge is -2.36. The summed E-state index contributed by atoms with van der Waals surface area (Å²) in [4.78, 5) is 27.0. The van der Waals surface area contributed by atoms with E-state index >= 15 is 0 Å². The van der Waals surface area contributed by atoms with Crippen LogP contribution in [0.15, 0.2) is 17.1 Å². The van der Waals surface area contributed by atoms with Gasteiger partial charge in [0.25, 0.3) is 0 Å². The summed E-state index contributed by atoms with van der Waals surface area (Å²) in [5, 5.41) is 0. The molecule has 1 saturated carbocycles. The fourth-order valence-corrected chi connectivity index (χ4v) is 4.71. The van der Waals surface area contributed by atoms with E-state index in [4.69, 9.17) is 20.2 Å². The Morgan fingerprint density at radius 2 is 2.27 bits per heavy atom. The maximum absolute atomic E-state index is 11.9. The van der Waals surface area contributed by atoms with E-state index in [0.29, 0.717) is 30.1 Å². The van der Waals surface area contributed by atoms with Gasteiger partial charge < -0.3 is 10.5 Å². The van der Waals surface area contributed by atoms with E-state index in [0.717, 1.165) is 6.42 Å². The second-order valence-corrected chi connectivity index (χ2v) is 8.83. The highest BCUT2D eigenvalue weighted by Crippen LogP contribution is 2.36. The predicted octanol–water partition coefficient (Wildman–Crippen LogP) is 2.82. The van der Waals surface area contributed by atoms with Crippen molar-refractivity contribution in [2.24, 2.45) is 17.8 Å². The van der Waals surface area contributed by atoms with E-state index in [1.807, 2.05) is 0 Å². The van der Waals surface area contributed by atoms with Gasteiger partial charge in [-0.25, -0.2) is 14.6 Å². The highest BCUT2D eigenvalue weighted by Gasteiger charge is 2.33. The summed E-state index contributed by atoms with van der Waals surface area (Å²) in [6, 6.07) is 1.60. The molecule has 0 radical (unpaired) electrons. The summed E-state index contributed by atoms with van der Waals surface area (Å²) in [5.41, 5.74) is 4.96. The van der Waals surface area contributed by atoms with Gasteiger partial charge in [0.2, 0.25) is 0 Å². The van der Waals surface area contributed by atoms with Crippen LogP contribution in [0.3, 0.4) is 0 Å². The summed E-state index contributed by atoms with van der Waals surface area (Å²) in [5.74, 6) is 2.67. The zero-order chi connectivity index (χ0) is 18.7. The number of nitrogen functional groups attached to an aromatic ring is 1. The van der Waals surface area contributed by atoms with Gasteiger partial charge in [-0.3, -0.25) is 4.57 Å². The zero-order valence-electron chi connectivity index (χ0n) is 15.7. The molecule has 0 amide bonds. The second-order valence-electron chi connectivity index (χ2n) is 7.64. The number of hydrogen-bond donors (Lipinski definition) is 1. The first kappa shape index (κ1) is 19.7. The molecule has 2 aliphatic rings. The second kappa shape index (κ2) is 8.73. The number of nitrogens with zero attached hydrogens (tertiary/aromatic N) is 2. The van der Waals surface area contributed by atoms with Crippen molar-refractivity contribution in [1.82, 2.24) is 9.55 Å². The minimum absolute atomic E-state index is 0.143. The summed E-state index contributed by atoms with van der Waals surface area (Å²) in [7, 11) is 0. The van der Waals surface area contributed by atoms with Crippen molar-refractivity contribution in [3.63, 3.8) is 0 Å². The molecule has 0 bridgehead atoms. The molecule has 1 saturated heterocycles. The monoisotopic (exact) mass is 383 g/mol. The first-order chi connectivity index (χ1) is 12.4. The molecular weight excluding hydrogens is 354 g/mol. The van der Waals surface area contributed by atoms with Crippen molar-refractivity contribution in [1.29, 1.82) is 0 Å². The lowest BCUT2D eigenvalue weighted by molar-refractivity contribution is -0.347. The molecule has 0 spiro atoms. The van der Waals surface area contributed by atoms with Gasteiger partial charge in [0, 0.05) is 11.9 Å². The Labute approximate surface area is 158 Å². The molecule has 3 rings (SSSR count). The molecule has 26 heavy (non-hydrogen) atoms. The summed E-state index contributed by atoms with van der Waals surface area (Å²) in [6.45, 7) is 7.10. The van der Waals surface area contributed by atoms with Gasteiger partial charge in [-0.2, -0.15) is 4.98 Å². The average molecular weight is 384 g/mol. The smallest absolute Gasteiger partial charge is 0.351 e. The van der Waals surface area contributed by atoms with Gasteiger partial charge in [-0.05, 0) is 36.7 Å². The van der Waals surface area contributed by atoms with Crippen LogP contribution in [0.25, 0.3) is 0 Å². The van der Waals surface area contributed by atoms with Crippen molar-refractivity contribution in [3.05, 3.63) is 22.7 Å². The van der Waals surface area contributed by atoms with Crippen molar-refractivity contribution < 1.29 is 14.5 Å². The van der Waals surface area contributed by atoms with Crippen LogP contribution < -0.4 is 11.4 Å². The van der Waals surface area contributed by atoms with Gasteiger partial charge in [0.1, 0.15) is 24.1 Å². The Balaban J connectivity index is 1.48. The van der Waals surface area contributed by atoms with Gasteiger partial charge in [0.05, 0.1) is 6.10 Å². The minimum atomic E-state index is -0.399. The molecule has 1 aromatic heterocycles. The van der Waals surface area contributed by atoms with Crippen LogP contribution in [0.1, 0.15) is 46.3 Å². The predicted molar refractivity (Wildman–Crippen MR) is 101 cm³/mol. The standard InChI is InChI=1S/C18H29N3O4S/c1-11(2)13-5-4-12(3)8-14(13)25-23-9-17-24-16(10-26-17)21-7-6-15(19)20-18(21)22/h6-7,11-14,16-17H,4-5,8-10H2,1-3H3,(H2,19,20,22)/t12-,13+,14?,16-,17?/m1/s1. The Hall–Kier alpha value is -1.09. The molecule has 146 valence electrons. The number of aromatic nitrogens is 2. The Kier molecular flexibility index (Phi) is 6.60. The molecule has 7 nitrogen and oxygen atoms in total. The summed E-state index contributed by atoms with van der Waals surface area (Å²) < 4.78 is 7.35. The topological polar surface area (TPSA) is 88.6 Å². The van der Waals surface area contributed by atoms with E-state index in [9.17, 15) is 4.79 Å². The Morgan fingerprint density at radius 1 is 1.46 bits per heavy atom. The fraction of sp³-hybridized carbons (Fsp3) is 0.778. The van der Waals surface area contributed by atoms with Crippen LogP contribution in [-0.2, 0) is 14.5 Å². The quantitative estimate of drug-likeness (QED) is 0.597. The van der Waals surface area contributed by atoms with Gasteiger partial charge in [-0.1, -0.05) is 27.2 Å². The van der Waals surface area contributed by atoms with E-state index in [1.54, 1.807) is 24.0 Å². The lowest BCUT2D eigenvalue weighted by atomic mass is 9.75. The molecule has 1 aliphatic carbocycles. The number of thioether (sulfide) groups is 1. The van der Waals surface area contributed by atoms with E-state index in [-0.39, 0.29) is 23.6 Å². The third-order valence-corrected chi connectivity index (χ3v) is 6.35. The molecule has 1 aliphatic heterocycles. The molecule has 2 unspecified atom stereocenters. The normalized spacial score (nSPS) is 32.2. The van der Waals surface area contributed by atoms with E-state index in [2.05, 4.69) is 25.8 Å². The van der Waals surface area contributed by atoms with Crippen LogP contribution >= 0.6 is 11.8 Å². The van der Waals surface area contributed by atoms with Crippen molar-refractivity contribution in [2.45, 2.75) is 57.8 Å². The Bertz CT molecular complexity index is 654. The number of ether oxygens (including phenoxy) is 1. The fourth-order valence-electron chi connectivity index (χ4n) is 3.73. The van der Waals surface area contributed by atoms with Gasteiger partial charge in [-0.15, -0.1) is 11.8 Å². The van der Waals surface area contributed by atoms with Crippen LogP contribution in [0, 0.1) is 17.8 Å². The van der Waals surface area contributed by atoms with Crippen LogP contribution in [-0.4, -0.2) is 33.5 Å². The molecule has 8 heteroatoms. The first-order valence-corrected chi connectivity index (χ1v) is 10.4. The van der Waals surface area contributed by atoms with Crippen molar-refractivity contribution in [2.75, 3.05) is 18.1 Å². The number of hydrogen-bond acceptors (Lipinski definition) is 7. The molecule has 2 fully saturated rings. The molecular formula is C18H29N3O4S. The SMILES string of the molecule is CC(C)[C@@H]1CC[C@@H](C)CC1OOCC1O[C@@H](n2ccc(N)nc2=O)CS1. The Morgan fingerprint density at radius 3 is 3.00 bits per heavy atom. The van der Waals surface area contributed by atoms with Crippen LogP contribution in [0.5, 0.6) is 0 Å². The van der Waals surface area contributed by atoms with E-state index in [1.165, 1.54) is 17.4 Å². The highest BCUT2D eigenvalue weighted by molar-refractivity contribution is 8.00. The van der Waals surface area contributed by atoms with E-state index < -0.39 is 5.69 Å². The molecule has 2 N–H and O–H groups in total. The molecule has 2 heterocycles. The zero-order valence-corrected chi connectivity index (χ0v) is 16.5. The number of anilines is 1. The number of rotatable bonds is 6. The summed E-state index contributed by atoms with van der Waals surface area (Å²) >= 11 is 1.61. The first-order valence-electron chi connectivity index (χ1n) is 9.34. The van der Waals surface area contributed by atoms with Gasteiger partial charge in [0.15, 0.2) is 0 Å². The maximum atomic E-state index is 11.9. The highest BCUT2D eigenvalue weighted by atomic mass is 32.2. The van der Waals surface area contributed by atoms with Gasteiger partial charge >= 0.3 is 5.69 Å². The minimum Gasteiger partial charge on any atom is -0.383 e. The third kappa shape index (κ3) is 4.79. The molecule has 1 aromatic rings. The molecule has 0 aromatic carbocycles. The average Bonchev–Trinajstić information content (AvgIpc) is 3.03. The van der Waals surface area contributed by atoms with Crippen molar-refractivity contribution >= 4 is 17.6 Å². The molecule has 5 atom stereocenters. The third-order valence-electron chi connectivity index (χ3n) is 5.25. The van der Waals surface area contributed by atoms with Crippen LogP contribution in [0.2, 0.25) is 0 Å². The van der Waals surface area contributed by atoms with Crippen molar-refractivity contribution in [3.8, 4) is 0 Å². The number of nitrogens with two attached hydrogens (primary N) is 1. The lowest BCUT2D eigenvalue weighted by Crippen LogP contribution is -2.35. The largest absolute Gasteiger partial charge is 0.383 e. The maximum Gasteiger partial charge on any atom is 0.351 e. The summed E-state index contributed by atoms with van der Waals surface area (Å²) in [6.07, 6.45) is 4.90.